The molecule has 0 spiro atoms. The van der Waals surface area contributed by atoms with Crippen molar-refractivity contribution < 1.29 is 19.1 Å². The van der Waals surface area contributed by atoms with Gasteiger partial charge >= 0.3 is 0 Å². The molecule has 0 saturated carbocycles. The zero-order valence-corrected chi connectivity index (χ0v) is 16.0. The number of hydrogen-bond acceptors (Lipinski definition) is 4. The van der Waals surface area contributed by atoms with Gasteiger partial charge in [0.15, 0.2) is 11.5 Å². The maximum absolute atomic E-state index is 12.5. The summed E-state index contributed by atoms with van der Waals surface area (Å²) in [6.45, 7) is 1.00. The average molecular weight is 389 g/mol. The molecule has 6 nitrogen and oxygen atoms in total. The minimum absolute atomic E-state index is 0.0615. The van der Waals surface area contributed by atoms with Crippen LogP contribution in [0.5, 0.6) is 11.5 Å². The molecule has 0 aliphatic carbocycles. The zero-order chi connectivity index (χ0) is 19.4. The summed E-state index contributed by atoms with van der Waals surface area (Å²) in [6.07, 6.45) is 0.726. The van der Waals surface area contributed by atoms with Gasteiger partial charge in [-0.15, -0.1) is 0 Å². The molecule has 2 amide bonds. The number of carbonyl (C=O) groups excluding carboxylic acids is 2. The molecule has 0 unspecified atom stereocenters. The molecular weight excluding hydrogens is 368 g/mol. The van der Waals surface area contributed by atoms with Crippen LogP contribution in [0.2, 0.25) is 5.02 Å². The molecule has 1 aliphatic rings. The summed E-state index contributed by atoms with van der Waals surface area (Å²) in [5.41, 5.74) is 2.59. The Morgan fingerprint density at radius 3 is 2.48 bits per heavy atom. The summed E-state index contributed by atoms with van der Waals surface area (Å²) in [5, 5.41) is 3.13. The van der Waals surface area contributed by atoms with Gasteiger partial charge < -0.3 is 19.7 Å². The van der Waals surface area contributed by atoms with Crippen molar-refractivity contribution in [2.75, 3.05) is 27.3 Å². The number of hydrogen-bond donors (Lipinski definition) is 1. The van der Waals surface area contributed by atoms with Crippen LogP contribution in [0.4, 0.5) is 0 Å². The predicted molar refractivity (Wildman–Crippen MR) is 102 cm³/mol. The van der Waals surface area contributed by atoms with Gasteiger partial charge in [-0.1, -0.05) is 17.7 Å². The lowest BCUT2D eigenvalue weighted by molar-refractivity contribution is -0.131. The van der Waals surface area contributed by atoms with Crippen LogP contribution in [0, 0.1) is 0 Å². The molecule has 0 fully saturated rings. The van der Waals surface area contributed by atoms with E-state index < -0.39 is 0 Å². The van der Waals surface area contributed by atoms with Gasteiger partial charge in [-0.3, -0.25) is 9.59 Å². The quantitative estimate of drug-likeness (QED) is 0.855. The van der Waals surface area contributed by atoms with Gasteiger partial charge in [0.1, 0.15) is 0 Å². The molecule has 142 valence electrons. The van der Waals surface area contributed by atoms with E-state index in [2.05, 4.69) is 5.32 Å². The highest BCUT2D eigenvalue weighted by molar-refractivity contribution is 6.30. The van der Waals surface area contributed by atoms with E-state index in [0.717, 1.165) is 17.5 Å². The first-order valence-electron chi connectivity index (χ1n) is 8.57. The molecule has 1 N–H and O–H groups in total. The summed E-state index contributed by atoms with van der Waals surface area (Å²) in [6, 6.07) is 10.5. The number of nitrogens with one attached hydrogen (secondary N) is 1. The van der Waals surface area contributed by atoms with Crippen molar-refractivity contribution in [2.24, 2.45) is 0 Å². The smallest absolute Gasteiger partial charge is 0.251 e. The van der Waals surface area contributed by atoms with Crippen molar-refractivity contribution in [3.8, 4) is 11.5 Å². The SMILES string of the molecule is COc1cc2c(cc1OC)CN(C(=O)CNC(=O)c1cccc(Cl)c1)CC2. The number of amides is 2. The van der Waals surface area contributed by atoms with E-state index >= 15 is 0 Å². The number of nitrogens with zero attached hydrogens (tertiary/aromatic N) is 1. The largest absolute Gasteiger partial charge is 0.493 e. The second kappa shape index (κ2) is 8.31. The Balaban J connectivity index is 1.63. The lowest BCUT2D eigenvalue weighted by Gasteiger charge is -2.29. The first kappa shape index (κ1) is 19.0. The van der Waals surface area contributed by atoms with Crippen molar-refractivity contribution in [3.05, 3.63) is 58.1 Å². The molecule has 27 heavy (non-hydrogen) atoms. The monoisotopic (exact) mass is 388 g/mol. The number of rotatable bonds is 5. The molecule has 7 heteroatoms. The summed E-state index contributed by atoms with van der Waals surface area (Å²) >= 11 is 5.89. The number of fused-ring (bicyclic) bond motifs is 1. The molecule has 0 bridgehead atoms. The van der Waals surface area contributed by atoms with Crippen LogP contribution in [0.3, 0.4) is 0 Å². The third-order valence-electron chi connectivity index (χ3n) is 4.56. The van der Waals surface area contributed by atoms with Gasteiger partial charge in [0.25, 0.3) is 5.91 Å². The maximum atomic E-state index is 12.5. The first-order valence-corrected chi connectivity index (χ1v) is 8.95. The van der Waals surface area contributed by atoms with Gasteiger partial charge in [-0.25, -0.2) is 0 Å². The number of benzene rings is 2. The Labute approximate surface area is 163 Å². The number of carbonyl (C=O) groups is 2. The van der Waals surface area contributed by atoms with Gasteiger partial charge in [-0.05, 0) is 47.9 Å². The summed E-state index contributed by atoms with van der Waals surface area (Å²) in [4.78, 5) is 26.4. The fourth-order valence-corrected chi connectivity index (χ4v) is 3.29. The second-order valence-electron chi connectivity index (χ2n) is 6.23. The number of methoxy groups -OCH3 is 2. The van der Waals surface area contributed by atoms with Gasteiger partial charge in [-0.2, -0.15) is 0 Å². The average Bonchev–Trinajstić information content (AvgIpc) is 2.70. The highest BCUT2D eigenvalue weighted by Gasteiger charge is 2.23. The van der Waals surface area contributed by atoms with E-state index in [1.54, 1.807) is 43.4 Å². The normalized spacial score (nSPS) is 12.9. The van der Waals surface area contributed by atoms with Gasteiger partial charge in [0.2, 0.25) is 5.91 Å². The number of halogens is 1. The fraction of sp³-hybridized carbons (Fsp3) is 0.300. The van der Waals surface area contributed by atoms with Crippen LogP contribution in [0.15, 0.2) is 36.4 Å². The maximum Gasteiger partial charge on any atom is 0.251 e. The Bertz CT molecular complexity index is 869. The highest BCUT2D eigenvalue weighted by Crippen LogP contribution is 2.33. The molecule has 0 aromatic heterocycles. The molecule has 0 radical (unpaired) electrons. The molecule has 3 rings (SSSR count). The predicted octanol–water partition coefficient (Wildman–Crippen LogP) is 2.67. The summed E-state index contributed by atoms with van der Waals surface area (Å²) in [5.74, 6) is 0.866. The van der Waals surface area contributed by atoms with Crippen LogP contribution in [-0.4, -0.2) is 44.0 Å². The van der Waals surface area contributed by atoms with Crippen molar-refractivity contribution in [1.29, 1.82) is 0 Å². The van der Waals surface area contributed by atoms with Gasteiger partial charge in [0, 0.05) is 23.7 Å². The molecule has 2 aromatic carbocycles. The zero-order valence-electron chi connectivity index (χ0n) is 15.3. The molecule has 0 atom stereocenters. The van der Waals surface area contributed by atoms with Crippen LogP contribution in [0.25, 0.3) is 0 Å². The molecule has 1 heterocycles. The Morgan fingerprint density at radius 2 is 1.81 bits per heavy atom. The number of ether oxygens (including phenoxy) is 2. The lowest BCUT2D eigenvalue weighted by Crippen LogP contribution is -2.42. The Kier molecular flexibility index (Phi) is 5.86. The summed E-state index contributed by atoms with van der Waals surface area (Å²) in [7, 11) is 3.19. The van der Waals surface area contributed by atoms with E-state index in [0.29, 0.717) is 35.2 Å². The van der Waals surface area contributed by atoms with E-state index in [1.807, 2.05) is 12.1 Å². The third kappa shape index (κ3) is 4.34. The van der Waals surface area contributed by atoms with Crippen molar-refractivity contribution in [1.82, 2.24) is 10.2 Å². The second-order valence-corrected chi connectivity index (χ2v) is 6.67. The third-order valence-corrected chi connectivity index (χ3v) is 4.79. The topological polar surface area (TPSA) is 67.9 Å². The molecular formula is C20H21ClN2O4. The van der Waals surface area contributed by atoms with Crippen molar-refractivity contribution in [3.63, 3.8) is 0 Å². The fourth-order valence-electron chi connectivity index (χ4n) is 3.10. The Hall–Kier alpha value is -2.73. The Morgan fingerprint density at radius 1 is 1.11 bits per heavy atom. The van der Waals surface area contributed by atoms with E-state index in [4.69, 9.17) is 21.1 Å². The molecule has 0 saturated heterocycles. The lowest BCUT2D eigenvalue weighted by atomic mass is 9.98. The van der Waals surface area contributed by atoms with Crippen LogP contribution in [0.1, 0.15) is 21.5 Å². The van der Waals surface area contributed by atoms with Crippen molar-refractivity contribution in [2.45, 2.75) is 13.0 Å². The molecule has 2 aromatic rings. The first-order chi connectivity index (χ1) is 13.0. The van der Waals surface area contributed by atoms with Crippen LogP contribution < -0.4 is 14.8 Å². The van der Waals surface area contributed by atoms with E-state index in [9.17, 15) is 9.59 Å². The molecule has 1 aliphatic heterocycles. The minimum atomic E-state index is -0.324. The summed E-state index contributed by atoms with van der Waals surface area (Å²) < 4.78 is 10.7. The van der Waals surface area contributed by atoms with Crippen LogP contribution in [-0.2, 0) is 17.8 Å². The van der Waals surface area contributed by atoms with Crippen molar-refractivity contribution >= 4 is 23.4 Å². The van der Waals surface area contributed by atoms with Gasteiger partial charge in [0.05, 0.1) is 20.8 Å². The standard InChI is InChI=1S/C20H21ClN2O4/c1-26-17-9-13-6-7-23(12-15(13)10-18(17)27-2)19(24)11-22-20(25)14-4-3-5-16(21)8-14/h3-5,8-10H,6-7,11-12H2,1-2H3,(H,22,25). The highest BCUT2D eigenvalue weighted by atomic mass is 35.5. The minimum Gasteiger partial charge on any atom is -0.493 e. The van der Waals surface area contributed by atoms with E-state index in [-0.39, 0.29) is 18.4 Å². The van der Waals surface area contributed by atoms with Crippen LogP contribution >= 0.6 is 11.6 Å². The van der Waals surface area contributed by atoms with E-state index in [1.165, 1.54) is 0 Å².